The first-order chi connectivity index (χ1) is 7.50. The summed E-state index contributed by atoms with van der Waals surface area (Å²) >= 11 is 0. The average Bonchev–Trinajstić information content (AvgIpc) is 2.62. The second-order valence-corrected chi connectivity index (χ2v) is 5.96. The maximum absolute atomic E-state index is 5.56. The molecule has 0 aromatic carbocycles. The Bertz CT molecular complexity index is 356. The second kappa shape index (κ2) is 4.17. The number of hydrogen-bond acceptors (Lipinski definition) is 3. The van der Waals surface area contributed by atoms with Gasteiger partial charge in [-0.15, -0.1) is 5.10 Å². The third kappa shape index (κ3) is 2.43. The molecule has 0 spiro atoms. The van der Waals surface area contributed by atoms with E-state index in [1.807, 2.05) is 10.9 Å². The zero-order chi connectivity index (χ0) is 11.8. The molecule has 0 saturated heterocycles. The van der Waals surface area contributed by atoms with Crippen molar-refractivity contribution >= 4 is 0 Å². The molecular formula is C12H22N4. The number of aromatic nitrogens is 3. The first-order valence-corrected chi connectivity index (χ1v) is 6.11. The van der Waals surface area contributed by atoms with Gasteiger partial charge in [0.25, 0.3) is 0 Å². The van der Waals surface area contributed by atoms with Gasteiger partial charge in [0.15, 0.2) is 0 Å². The monoisotopic (exact) mass is 222 g/mol. The van der Waals surface area contributed by atoms with E-state index in [1.54, 1.807) is 0 Å². The highest BCUT2D eigenvalue weighted by Gasteiger charge is 2.33. The van der Waals surface area contributed by atoms with Crippen LogP contribution in [0.25, 0.3) is 0 Å². The van der Waals surface area contributed by atoms with Gasteiger partial charge in [0.2, 0.25) is 0 Å². The van der Waals surface area contributed by atoms with Crippen LogP contribution >= 0.6 is 0 Å². The molecular weight excluding hydrogens is 200 g/mol. The van der Waals surface area contributed by atoms with Gasteiger partial charge in [-0.05, 0) is 30.6 Å². The van der Waals surface area contributed by atoms with Gasteiger partial charge in [-0.3, -0.25) is 0 Å². The van der Waals surface area contributed by atoms with E-state index >= 15 is 0 Å². The van der Waals surface area contributed by atoms with Crippen LogP contribution in [0.1, 0.15) is 51.8 Å². The molecule has 90 valence electrons. The molecule has 0 unspecified atom stereocenters. The highest BCUT2D eigenvalue weighted by molar-refractivity contribution is 4.94. The van der Waals surface area contributed by atoms with Crippen LogP contribution in [-0.2, 0) is 6.54 Å². The van der Waals surface area contributed by atoms with Crippen molar-refractivity contribution in [3.8, 4) is 0 Å². The Morgan fingerprint density at radius 2 is 2.25 bits per heavy atom. The van der Waals surface area contributed by atoms with E-state index in [4.69, 9.17) is 5.73 Å². The zero-order valence-corrected chi connectivity index (χ0v) is 10.5. The highest BCUT2D eigenvalue weighted by Crippen LogP contribution is 2.43. The van der Waals surface area contributed by atoms with Crippen molar-refractivity contribution in [1.29, 1.82) is 0 Å². The maximum atomic E-state index is 5.56. The quantitative estimate of drug-likeness (QED) is 0.834. The van der Waals surface area contributed by atoms with E-state index in [1.165, 1.54) is 19.3 Å². The summed E-state index contributed by atoms with van der Waals surface area (Å²) in [6.07, 6.45) is 5.70. The molecule has 4 heteroatoms. The normalized spacial score (nSPS) is 29.2. The molecule has 1 heterocycles. The summed E-state index contributed by atoms with van der Waals surface area (Å²) in [6.45, 7) is 7.49. The van der Waals surface area contributed by atoms with Gasteiger partial charge in [0.1, 0.15) is 0 Å². The van der Waals surface area contributed by atoms with E-state index < -0.39 is 0 Å². The van der Waals surface area contributed by atoms with Gasteiger partial charge in [-0.2, -0.15) is 0 Å². The van der Waals surface area contributed by atoms with Crippen LogP contribution in [0.3, 0.4) is 0 Å². The van der Waals surface area contributed by atoms with Crippen molar-refractivity contribution < 1.29 is 0 Å². The minimum Gasteiger partial charge on any atom is -0.325 e. The fourth-order valence-electron chi connectivity index (χ4n) is 3.08. The number of rotatable bonds is 2. The molecule has 0 aliphatic heterocycles. The van der Waals surface area contributed by atoms with Crippen molar-refractivity contribution in [3.05, 3.63) is 11.9 Å². The van der Waals surface area contributed by atoms with E-state index in [9.17, 15) is 0 Å². The Morgan fingerprint density at radius 1 is 1.50 bits per heavy atom. The van der Waals surface area contributed by atoms with Gasteiger partial charge < -0.3 is 5.73 Å². The molecule has 2 atom stereocenters. The molecule has 0 radical (unpaired) electrons. The average molecular weight is 222 g/mol. The number of nitrogens with zero attached hydrogens (tertiary/aromatic N) is 3. The van der Waals surface area contributed by atoms with Gasteiger partial charge in [-0.1, -0.05) is 26.0 Å². The summed E-state index contributed by atoms with van der Waals surface area (Å²) in [6, 6.07) is 0.492. The molecule has 1 aliphatic rings. The van der Waals surface area contributed by atoms with Gasteiger partial charge >= 0.3 is 0 Å². The summed E-state index contributed by atoms with van der Waals surface area (Å²) in [5.74, 6) is 0.763. The van der Waals surface area contributed by atoms with Crippen LogP contribution in [0.15, 0.2) is 6.20 Å². The SMILES string of the molecule is C[C@@H]1C[C@H](n2cc(CN)nn2)CC(C)(C)C1. The molecule has 16 heavy (non-hydrogen) atoms. The second-order valence-electron chi connectivity index (χ2n) is 5.96. The van der Waals surface area contributed by atoms with Gasteiger partial charge in [-0.25, -0.2) is 4.68 Å². The Labute approximate surface area is 97.2 Å². The van der Waals surface area contributed by atoms with Crippen molar-refractivity contribution in [1.82, 2.24) is 15.0 Å². The Hall–Kier alpha value is -0.900. The largest absolute Gasteiger partial charge is 0.325 e. The highest BCUT2D eigenvalue weighted by atomic mass is 15.4. The number of hydrogen-bond donors (Lipinski definition) is 1. The van der Waals surface area contributed by atoms with Crippen molar-refractivity contribution in [2.75, 3.05) is 0 Å². The Kier molecular flexibility index (Phi) is 3.02. The van der Waals surface area contributed by atoms with Gasteiger partial charge in [0.05, 0.1) is 17.9 Å². The molecule has 1 saturated carbocycles. The lowest BCUT2D eigenvalue weighted by Crippen LogP contribution is -2.29. The Balaban J connectivity index is 2.14. The van der Waals surface area contributed by atoms with Crippen molar-refractivity contribution in [2.24, 2.45) is 17.1 Å². The van der Waals surface area contributed by atoms with Crippen molar-refractivity contribution in [3.63, 3.8) is 0 Å². The van der Waals surface area contributed by atoms with Crippen LogP contribution < -0.4 is 5.73 Å². The lowest BCUT2D eigenvalue weighted by molar-refractivity contribution is 0.129. The summed E-state index contributed by atoms with van der Waals surface area (Å²) in [7, 11) is 0. The summed E-state index contributed by atoms with van der Waals surface area (Å²) in [4.78, 5) is 0. The summed E-state index contributed by atoms with van der Waals surface area (Å²) in [5.41, 5.74) is 6.86. The molecule has 0 amide bonds. The van der Waals surface area contributed by atoms with E-state index in [-0.39, 0.29) is 0 Å². The van der Waals surface area contributed by atoms with Crippen LogP contribution in [0, 0.1) is 11.3 Å². The predicted molar refractivity (Wildman–Crippen MR) is 63.7 cm³/mol. The lowest BCUT2D eigenvalue weighted by Gasteiger charge is -2.38. The fraction of sp³-hybridized carbons (Fsp3) is 0.833. The van der Waals surface area contributed by atoms with Crippen molar-refractivity contribution in [2.45, 2.75) is 52.6 Å². The molecule has 1 aliphatic carbocycles. The van der Waals surface area contributed by atoms with Crippen LogP contribution in [0.5, 0.6) is 0 Å². The van der Waals surface area contributed by atoms with Gasteiger partial charge in [0, 0.05) is 6.54 Å². The molecule has 0 bridgehead atoms. The van der Waals surface area contributed by atoms with E-state index in [0.717, 1.165) is 11.6 Å². The lowest BCUT2D eigenvalue weighted by atomic mass is 9.71. The smallest absolute Gasteiger partial charge is 0.0962 e. The Morgan fingerprint density at radius 3 is 2.81 bits per heavy atom. The molecule has 1 fully saturated rings. The number of nitrogens with two attached hydrogens (primary N) is 1. The minimum absolute atomic E-state index is 0.414. The third-order valence-electron chi connectivity index (χ3n) is 3.50. The van der Waals surface area contributed by atoms with E-state index in [2.05, 4.69) is 31.1 Å². The maximum Gasteiger partial charge on any atom is 0.0962 e. The fourth-order valence-corrected chi connectivity index (χ4v) is 3.08. The van der Waals surface area contributed by atoms with Crippen LogP contribution in [-0.4, -0.2) is 15.0 Å². The van der Waals surface area contributed by atoms with Crippen LogP contribution in [0.4, 0.5) is 0 Å². The minimum atomic E-state index is 0.414. The molecule has 1 aromatic heterocycles. The summed E-state index contributed by atoms with van der Waals surface area (Å²) < 4.78 is 2.01. The topological polar surface area (TPSA) is 56.7 Å². The molecule has 1 aromatic rings. The standard InChI is InChI=1S/C12H22N4/c1-9-4-11(6-12(2,3)5-9)16-8-10(7-13)14-15-16/h8-9,11H,4-7,13H2,1-3H3/t9-,11+/m1/s1. The first-order valence-electron chi connectivity index (χ1n) is 6.11. The summed E-state index contributed by atoms with van der Waals surface area (Å²) in [5, 5.41) is 8.27. The molecule has 2 N–H and O–H groups in total. The van der Waals surface area contributed by atoms with E-state index in [0.29, 0.717) is 18.0 Å². The van der Waals surface area contributed by atoms with Crippen LogP contribution in [0.2, 0.25) is 0 Å². The third-order valence-corrected chi connectivity index (χ3v) is 3.50. The molecule has 2 rings (SSSR count). The first kappa shape index (κ1) is 11.6. The zero-order valence-electron chi connectivity index (χ0n) is 10.5. The molecule has 4 nitrogen and oxygen atoms in total. The predicted octanol–water partition coefficient (Wildman–Crippen LogP) is 2.12.